The van der Waals surface area contributed by atoms with E-state index in [0.29, 0.717) is 52.2 Å². The van der Waals surface area contributed by atoms with Crippen molar-refractivity contribution in [3.8, 4) is 17.2 Å². The minimum atomic E-state index is -1.28. The first-order chi connectivity index (χ1) is 16.8. The first-order valence-corrected chi connectivity index (χ1v) is 12.1. The number of hydrogen-bond donors (Lipinski definition) is 3. The lowest BCUT2D eigenvalue weighted by atomic mass is 10.1. The molecule has 0 unspecified atom stereocenters. The van der Waals surface area contributed by atoms with E-state index in [9.17, 15) is 19.5 Å². The largest absolute Gasteiger partial charge is 0.507 e. The van der Waals surface area contributed by atoms with Gasteiger partial charge in [-0.1, -0.05) is 36.5 Å². The maximum Gasteiger partial charge on any atom is 0.339 e. The predicted molar refractivity (Wildman–Crippen MR) is 135 cm³/mol. The van der Waals surface area contributed by atoms with Crippen LogP contribution in [0.25, 0.3) is 6.08 Å². The van der Waals surface area contributed by atoms with Crippen molar-refractivity contribution < 1.29 is 34.1 Å². The summed E-state index contributed by atoms with van der Waals surface area (Å²) in [7, 11) is 0. The van der Waals surface area contributed by atoms with Crippen LogP contribution in [0.3, 0.4) is 0 Å². The number of anilines is 1. The number of rotatable bonds is 9. The number of amides is 2. The van der Waals surface area contributed by atoms with Gasteiger partial charge in [0.2, 0.25) is 12.7 Å². The maximum absolute atomic E-state index is 12.8. The number of carbonyl (C=O) groups excluding carboxylic acids is 2. The van der Waals surface area contributed by atoms with E-state index in [2.05, 4.69) is 5.32 Å². The number of nitrogens with zero attached hydrogens (tertiary/aromatic N) is 1. The van der Waals surface area contributed by atoms with Gasteiger partial charge in [0.15, 0.2) is 11.5 Å². The Morgan fingerprint density at radius 2 is 1.91 bits per heavy atom. The third kappa shape index (κ3) is 5.92. The summed E-state index contributed by atoms with van der Waals surface area (Å²) in [5.41, 5.74) is 0.848. The normalized spacial score (nSPS) is 15.7. The van der Waals surface area contributed by atoms with Gasteiger partial charge in [-0.05, 0) is 54.8 Å². The van der Waals surface area contributed by atoms with Crippen molar-refractivity contribution in [1.82, 2.24) is 4.90 Å². The quantitative estimate of drug-likeness (QED) is 0.195. The van der Waals surface area contributed by atoms with Gasteiger partial charge in [-0.25, -0.2) is 4.79 Å². The Morgan fingerprint density at radius 3 is 2.71 bits per heavy atom. The van der Waals surface area contributed by atoms with Crippen LogP contribution < -0.4 is 14.8 Å². The van der Waals surface area contributed by atoms with Gasteiger partial charge in [-0.15, -0.1) is 0 Å². The molecule has 2 aromatic rings. The fourth-order valence-corrected chi connectivity index (χ4v) is 4.90. The lowest BCUT2D eigenvalue weighted by molar-refractivity contribution is -0.122. The van der Waals surface area contributed by atoms with Crippen molar-refractivity contribution in [2.75, 3.05) is 18.7 Å². The highest BCUT2D eigenvalue weighted by atomic mass is 32.2. The van der Waals surface area contributed by atoms with Crippen LogP contribution in [0, 0.1) is 0 Å². The minimum Gasteiger partial charge on any atom is -0.507 e. The second-order valence-electron chi connectivity index (χ2n) is 7.84. The van der Waals surface area contributed by atoms with Crippen molar-refractivity contribution in [2.45, 2.75) is 25.7 Å². The van der Waals surface area contributed by atoms with E-state index < -0.39 is 5.97 Å². The molecule has 4 rings (SSSR count). The van der Waals surface area contributed by atoms with Crippen LogP contribution in [-0.2, 0) is 9.59 Å². The number of carboxylic acid groups (broad SMARTS) is 1. The molecule has 2 aromatic carbocycles. The number of unbranched alkanes of at least 4 members (excludes halogenated alkanes) is 2. The summed E-state index contributed by atoms with van der Waals surface area (Å²) in [6.45, 7) is 0.649. The minimum absolute atomic E-state index is 0.142. The molecule has 2 aliphatic heterocycles. The molecule has 182 valence electrons. The predicted octanol–water partition coefficient (Wildman–Crippen LogP) is 4.22. The number of benzene rings is 2. The van der Waals surface area contributed by atoms with Gasteiger partial charge in [0.1, 0.15) is 15.6 Å². The van der Waals surface area contributed by atoms with Gasteiger partial charge < -0.3 is 25.0 Å². The molecule has 2 amide bonds. The molecule has 2 heterocycles. The number of nitrogens with one attached hydrogen (secondary N) is 1. The number of aromatic carboxylic acids is 1. The topological polar surface area (TPSA) is 125 Å². The molecule has 0 radical (unpaired) electrons. The molecular formula is C24H22N2O7S2. The molecule has 11 heteroatoms. The smallest absolute Gasteiger partial charge is 0.339 e. The summed E-state index contributed by atoms with van der Waals surface area (Å²) in [5, 5.41) is 21.2. The molecular weight excluding hydrogens is 492 g/mol. The van der Waals surface area contributed by atoms with Gasteiger partial charge in [-0.2, -0.15) is 0 Å². The lowest BCUT2D eigenvalue weighted by Gasteiger charge is -2.14. The molecule has 0 atom stereocenters. The molecule has 0 bridgehead atoms. The Morgan fingerprint density at radius 1 is 1.11 bits per heavy atom. The zero-order chi connectivity index (χ0) is 24.9. The molecule has 35 heavy (non-hydrogen) atoms. The first kappa shape index (κ1) is 24.6. The highest BCUT2D eigenvalue weighted by Gasteiger charge is 2.31. The summed E-state index contributed by atoms with van der Waals surface area (Å²) >= 11 is 6.64. The van der Waals surface area contributed by atoms with Gasteiger partial charge in [0.25, 0.3) is 5.91 Å². The number of aromatic hydroxyl groups is 1. The van der Waals surface area contributed by atoms with Gasteiger partial charge in [0.05, 0.1) is 4.91 Å². The number of phenols is 1. The average Bonchev–Trinajstić information content (AvgIpc) is 3.39. The Kier molecular flexibility index (Phi) is 7.57. The number of hydrogen-bond acceptors (Lipinski definition) is 8. The highest BCUT2D eigenvalue weighted by Crippen LogP contribution is 2.36. The second kappa shape index (κ2) is 10.8. The third-order valence-electron chi connectivity index (χ3n) is 5.36. The number of thiocarbonyl (C=S) groups is 1. The van der Waals surface area contributed by atoms with Gasteiger partial charge >= 0.3 is 5.97 Å². The Hall–Kier alpha value is -3.57. The van der Waals surface area contributed by atoms with E-state index in [1.165, 1.54) is 30.0 Å². The van der Waals surface area contributed by atoms with Crippen LogP contribution >= 0.6 is 24.0 Å². The van der Waals surface area contributed by atoms with E-state index in [-0.39, 0.29) is 36.3 Å². The SMILES string of the molecule is O=C(CCCCCN1C(=O)/C(=C/c2ccc3c(c2)OCO3)SC1=S)Nc1ccc(O)c(C(=O)O)c1. The first-order valence-electron chi connectivity index (χ1n) is 10.8. The molecule has 0 saturated carbocycles. The van der Waals surface area contributed by atoms with Crippen LogP contribution in [0.15, 0.2) is 41.3 Å². The number of fused-ring (bicyclic) bond motifs is 1. The Balaban J connectivity index is 1.22. The maximum atomic E-state index is 12.8. The summed E-state index contributed by atoms with van der Waals surface area (Å²) in [6.07, 6.45) is 4.01. The van der Waals surface area contributed by atoms with Crippen LogP contribution in [0.2, 0.25) is 0 Å². The van der Waals surface area contributed by atoms with E-state index in [0.717, 1.165) is 5.56 Å². The molecule has 0 spiro atoms. The fraction of sp³-hybridized carbons (Fsp3) is 0.250. The van der Waals surface area contributed by atoms with Crippen molar-refractivity contribution in [1.29, 1.82) is 0 Å². The number of thioether (sulfide) groups is 1. The third-order valence-corrected chi connectivity index (χ3v) is 6.74. The van der Waals surface area contributed by atoms with Crippen molar-refractivity contribution in [3.63, 3.8) is 0 Å². The van der Waals surface area contributed by atoms with Crippen LogP contribution in [0.1, 0.15) is 41.6 Å². The van der Waals surface area contributed by atoms with Crippen LogP contribution in [0.5, 0.6) is 17.2 Å². The molecule has 3 N–H and O–H groups in total. The summed E-state index contributed by atoms with van der Waals surface area (Å²) in [5.74, 6) is -0.722. The molecule has 1 fully saturated rings. The van der Waals surface area contributed by atoms with E-state index in [1.807, 2.05) is 12.1 Å². The number of ether oxygens (including phenoxy) is 2. The van der Waals surface area contributed by atoms with Crippen molar-refractivity contribution >= 4 is 57.8 Å². The van der Waals surface area contributed by atoms with Gasteiger partial charge in [-0.3, -0.25) is 14.5 Å². The average molecular weight is 515 g/mol. The number of carboxylic acids is 1. The fourth-order valence-electron chi connectivity index (χ4n) is 3.59. The molecule has 9 nitrogen and oxygen atoms in total. The van der Waals surface area contributed by atoms with E-state index >= 15 is 0 Å². The Labute approximate surface area is 210 Å². The lowest BCUT2D eigenvalue weighted by Crippen LogP contribution is -2.29. The highest BCUT2D eigenvalue weighted by molar-refractivity contribution is 8.26. The van der Waals surface area contributed by atoms with E-state index in [4.69, 9.17) is 26.8 Å². The summed E-state index contributed by atoms with van der Waals surface area (Å²) in [4.78, 5) is 38.2. The summed E-state index contributed by atoms with van der Waals surface area (Å²) < 4.78 is 11.2. The van der Waals surface area contributed by atoms with Crippen LogP contribution in [0.4, 0.5) is 5.69 Å². The second-order valence-corrected chi connectivity index (χ2v) is 9.52. The zero-order valence-electron chi connectivity index (χ0n) is 18.5. The van der Waals surface area contributed by atoms with Gasteiger partial charge in [0, 0.05) is 18.7 Å². The molecule has 2 aliphatic rings. The summed E-state index contributed by atoms with van der Waals surface area (Å²) in [6, 6.07) is 9.35. The molecule has 1 saturated heterocycles. The standard InChI is InChI=1S/C24H22N2O7S2/c27-17-7-6-15(12-16(17)23(30)31)25-21(28)4-2-1-3-9-26-22(29)20(35-24(26)34)11-14-5-8-18-19(10-14)33-13-32-18/h5-8,10-12,27H,1-4,9,13H2,(H,25,28)(H,30,31)/b20-11-. The molecule has 0 aromatic heterocycles. The van der Waals surface area contributed by atoms with Crippen LogP contribution in [-0.4, -0.2) is 50.6 Å². The Bertz CT molecular complexity index is 1230. The van der Waals surface area contributed by atoms with E-state index in [1.54, 1.807) is 17.0 Å². The van der Waals surface area contributed by atoms with Crippen molar-refractivity contribution in [3.05, 3.63) is 52.4 Å². The van der Waals surface area contributed by atoms with Crippen molar-refractivity contribution in [2.24, 2.45) is 0 Å². The molecule has 0 aliphatic carbocycles. The number of carbonyl (C=O) groups is 3. The zero-order valence-corrected chi connectivity index (χ0v) is 20.1. The monoisotopic (exact) mass is 514 g/mol.